The Hall–Kier alpha value is -3.12. The van der Waals surface area contributed by atoms with Gasteiger partial charge in [0.05, 0.1) is 19.4 Å². The second kappa shape index (κ2) is 10.1. The molecule has 0 aliphatic carbocycles. The monoisotopic (exact) mass is 521 g/mol. The van der Waals surface area contributed by atoms with Crippen molar-refractivity contribution in [2.24, 2.45) is 5.41 Å². The van der Waals surface area contributed by atoms with E-state index in [9.17, 15) is 22.8 Å². The summed E-state index contributed by atoms with van der Waals surface area (Å²) < 4.78 is 44.2. The number of esters is 1. The van der Waals surface area contributed by atoms with Gasteiger partial charge in [-0.25, -0.2) is 13.2 Å². The molecule has 196 valence electrons. The van der Waals surface area contributed by atoms with Crippen LogP contribution in [0.4, 0.5) is 0 Å². The van der Waals surface area contributed by atoms with Crippen LogP contribution in [0.3, 0.4) is 0 Å². The zero-order chi connectivity index (χ0) is 26.1. The Morgan fingerprint density at radius 1 is 1.11 bits per heavy atom. The van der Waals surface area contributed by atoms with Crippen LogP contribution in [0.15, 0.2) is 32.1 Å². The van der Waals surface area contributed by atoms with Crippen LogP contribution in [0.1, 0.15) is 58.6 Å². The smallest absolute Gasteiger partial charge is 0.343 e. The van der Waals surface area contributed by atoms with Crippen molar-refractivity contribution in [3.05, 3.63) is 41.2 Å². The molecular formula is C24H31N3O8S. The number of nitrogens with zero attached hydrogens (tertiary/aromatic N) is 2. The van der Waals surface area contributed by atoms with Gasteiger partial charge in [0.2, 0.25) is 15.9 Å². The molecule has 1 spiro atoms. The minimum absolute atomic E-state index is 0.0488. The fraction of sp³-hybridized carbons (Fsp3) is 0.542. The highest BCUT2D eigenvalue weighted by molar-refractivity contribution is 7.89. The molecule has 2 aliphatic heterocycles. The summed E-state index contributed by atoms with van der Waals surface area (Å²) in [4.78, 5) is 38.6. The normalized spacial score (nSPS) is 17.9. The van der Waals surface area contributed by atoms with Crippen LogP contribution in [-0.4, -0.2) is 74.7 Å². The lowest BCUT2D eigenvalue weighted by molar-refractivity contribution is -0.132. The van der Waals surface area contributed by atoms with E-state index in [1.807, 2.05) is 0 Å². The summed E-state index contributed by atoms with van der Waals surface area (Å²) in [5, 5.41) is 2.56. The first kappa shape index (κ1) is 26.0. The third-order valence-corrected chi connectivity index (χ3v) is 9.01. The minimum atomic E-state index is -3.99. The first-order valence-corrected chi connectivity index (χ1v) is 13.4. The maximum Gasteiger partial charge on any atom is 0.343 e. The van der Waals surface area contributed by atoms with Crippen LogP contribution in [0.2, 0.25) is 0 Å². The lowest BCUT2D eigenvalue weighted by atomic mass is 9.78. The van der Waals surface area contributed by atoms with Crippen molar-refractivity contribution in [1.82, 2.24) is 14.5 Å². The summed E-state index contributed by atoms with van der Waals surface area (Å²) in [5.74, 6) is -0.855. The standard InChI is InChI=1S/C24H31N3O8S/c1-4-33-23(30)20-16(2)35-17(3)21(20)36(31,32)27-12-9-24(15-27)7-10-26(11-8-24)19(28)14-25-22(29)18-6-5-13-34-18/h5-6,13H,4,7-12,14-15H2,1-3H3,(H,25,29). The van der Waals surface area contributed by atoms with Gasteiger partial charge in [0.25, 0.3) is 5.91 Å². The van der Waals surface area contributed by atoms with E-state index in [2.05, 4.69) is 5.32 Å². The van der Waals surface area contributed by atoms with E-state index in [1.54, 1.807) is 24.8 Å². The van der Waals surface area contributed by atoms with Crippen molar-refractivity contribution in [1.29, 1.82) is 0 Å². The van der Waals surface area contributed by atoms with Gasteiger partial charge >= 0.3 is 5.97 Å². The molecule has 2 aliphatic rings. The van der Waals surface area contributed by atoms with Gasteiger partial charge in [0.1, 0.15) is 22.0 Å². The summed E-state index contributed by atoms with van der Waals surface area (Å²) in [5.41, 5.74) is -0.301. The predicted molar refractivity (Wildman–Crippen MR) is 127 cm³/mol. The number of carbonyl (C=O) groups is 3. The molecule has 11 nitrogen and oxygen atoms in total. The van der Waals surface area contributed by atoms with Gasteiger partial charge in [-0.2, -0.15) is 4.31 Å². The molecule has 36 heavy (non-hydrogen) atoms. The van der Waals surface area contributed by atoms with Gasteiger partial charge in [-0.15, -0.1) is 0 Å². The summed E-state index contributed by atoms with van der Waals surface area (Å²) in [6.45, 7) is 6.29. The third kappa shape index (κ3) is 4.92. The second-order valence-corrected chi connectivity index (χ2v) is 11.1. The summed E-state index contributed by atoms with van der Waals surface area (Å²) >= 11 is 0. The first-order valence-electron chi connectivity index (χ1n) is 11.9. The molecule has 4 heterocycles. The Morgan fingerprint density at radius 2 is 1.81 bits per heavy atom. The number of aryl methyl sites for hydroxylation is 2. The van der Waals surface area contributed by atoms with E-state index in [-0.39, 0.29) is 52.2 Å². The average Bonchev–Trinajstić information content (AvgIpc) is 3.58. The van der Waals surface area contributed by atoms with Crippen molar-refractivity contribution < 1.29 is 36.4 Å². The number of hydrogen-bond acceptors (Lipinski definition) is 8. The van der Waals surface area contributed by atoms with E-state index in [1.165, 1.54) is 23.6 Å². The van der Waals surface area contributed by atoms with E-state index >= 15 is 0 Å². The third-order valence-electron chi connectivity index (χ3n) is 7.01. The molecule has 2 saturated heterocycles. The van der Waals surface area contributed by atoms with Gasteiger partial charge < -0.3 is 23.8 Å². The number of carbonyl (C=O) groups excluding carboxylic acids is 3. The maximum absolute atomic E-state index is 13.6. The largest absolute Gasteiger partial charge is 0.464 e. The van der Waals surface area contributed by atoms with Gasteiger partial charge in [0.15, 0.2) is 5.76 Å². The highest BCUT2D eigenvalue weighted by Gasteiger charge is 2.47. The Kier molecular flexibility index (Phi) is 7.28. The summed E-state index contributed by atoms with van der Waals surface area (Å²) in [7, 11) is -3.99. The van der Waals surface area contributed by atoms with Gasteiger partial charge in [-0.3, -0.25) is 9.59 Å². The molecule has 0 unspecified atom stereocenters. The van der Waals surface area contributed by atoms with Gasteiger partial charge in [0, 0.05) is 26.2 Å². The maximum atomic E-state index is 13.6. The fourth-order valence-corrected chi connectivity index (χ4v) is 6.97. The Morgan fingerprint density at radius 3 is 2.44 bits per heavy atom. The number of nitrogens with one attached hydrogen (secondary N) is 1. The van der Waals surface area contributed by atoms with Crippen molar-refractivity contribution in [2.45, 2.75) is 44.9 Å². The lowest BCUT2D eigenvalue weighted by Crippen LogP contribution is -2.47. The number of piperidine rings is 1. The van der Waals surface area contributed by atoms with Crippen LogP contribution < -0.4 is 5.32 Å². The molecular weight excluding hydrogens is 490 g/mol. The molecule has 0 atom stereocenters. The first-order chi connectivity index (χ1) is 17.1. The molecule has 0 saturated carbocycles. The van der Waals surface area contributed by atoms with Gasteiger partial charge in [-0.05, 0) is 57.6 Å². The molecule has 0 aromatic carbocycles. The van der Waals surface area contributed by atoms with Crippen molar-refractivity contribution in [3.8, 4) is 0 Å². The minimum Gasteiger partial charge on any atom is -0.464 e. The fourth-order valence-electron chi connectivity index (χ4n) is 5.04. The molecule has 1 N–H and O–H groups in total. The Balaban J connectivity index is 1.39. The van der Waals surface area contributed by atoms with E-state index < -0.39 is 21.9 Å². The molecule has 2 aromatic heterocycles. The molecule has 0 radical (unpaired) electrons. The lowest BCUT2D eigenvalue weighted by Gasteiger charge is -2.39. The van der Waals surface area contributed by atoms with E-state index in [0.717, 1.165) is 0 Å². The van der Waals surface area contributed by atoms with Crippen LogP contribution in [0, 0.1) is 19.3 Å². The molecule has 4 rings (SSSR count). The molecule has 12 heteroatoms. The summed E-state index contributed by atoms with van der Waals surface area (Å²) in [6.07, 6.45) is 3.34. The summed E-state index contributed by atoms with van der Waals surface area (Å²) in [6, 6.07) is 3.12. The van der Waals surface area contributed by atoms with Crippen LogP contribution >= 0.6 is 0 Å². The quantitative estimate of drug-likeness (QED) is 0.547. The van der Waals surface area contributed by atoms with Gasteiger partial charge in [-0.1, -0.05) is 0 Å². The SMILES string of the molecule is CCOC(=O)c1c(C)oc(C)c1S(=O)(=O)N1CCC2(CCN(C(=O)CNC(=O)c3ccco3)CC2)C1. The Labute approximate surface area is 209 Å². The molecule has 0 bridgehead atoms. The zero-order valence-electron chi connectivity index (χ0n) is 20.7. The van der Waals surface area contributed by atoms with Crippen molar-refractivity contribution in [3.63, 3.8) is 0 Å². The van der Waals surface area contributed by atoms with Crippen LogP contribution in [0.5, 0.6) is 0 Å². The number of hydrogen-bond donors (Lipinski definition) is 1. The Bertz CT molecular complexity index is 1240. The van der Waals surface area contributed by atoms with Crippen LogP contribution in [-0.2, 0) is 19.6 Å². The average molecular weight is 522 g/mol. The van der Waals surface area contributed by atoms with Crippen LogP contribution in [0.25, 0.3) is 0 Å². The zero-order valence-corrected chi connectivity index (χ0v) is 21.5. The number of rotatable bonds is 7. The highest BCUT2D eigenvalue weighted by atomic mass is 32.2. The molecule has 2 fully saturated rings. The topological polar surface area (TPSA) is 139 Å². The number of amides is 2. The van der Waals surface area contributed by atoms with Crippen molar-refractivity contribution in [2.75, 3.05) is 39.3 Å². The molecule has 2 aromatic rings. The van der Waals surface area contributed by atoms with Crippen molar-refractivity contribution >= 4 is 27.8 Å². The predicted octanol–water partition coefficient (Wildman–Crippen LogP) is 2.10. The number of furan rings is 2. The number of ether oxygens (including phenoxy) is 1. The number of likely N-dealkylation sites (tertiary alicyclic amines) is 1. The number of sulfonamides is 1. The van der Waals surface area contributed by atoms with E-state index in [0.29, 0.717) is 45.4 Å². The second-order valence-electron chi connectivity index (χ2n) is 9.27. The van der Waals surface area contributed by atoms with E-state index in [4.69, 9.17) is 13.6 Å². The molecule has 2 amide bonds. The highest BCUT2D eigenvalue weighted by Crippen LogP contribution is 2.43.